The van der Waals surface area contributed by atoms with Gasteiger partial charge in [0.15, 0.2) is 5.58 Å². The summed E-state index contributed by atoms with van der Waals surface area (Å²) >= 11 is 0. The average Bonchev–Trinajstić information content (AvgIpc) is 3.11. The van der Waals surface area contributed by atoms with E-state index in [-0.39, 0.29) is 25.0 Å². The topological polar surface area (TPSA) is 92.9 Å². The Morgan fingerprint density at radius 2 is 2.23 bits per heavy atom. The number of fused-ring (bicyclic) bond motifs is 1. The van der Waals surface area contributed by atoms with E-state index in [0.717, 1.165) is 0 Å². The average molecular weight is 326 g/mol. The molecule has 7 nitrogen and oxygen atoms in total. The largest absolute Gasteiger partial charge is 0.395 e. The molecule has 0 unspecified atom stereocenters. The van der Waals surface area contributed by atoms with Crippen LogP contribution in [0.2, 0.25) is 0 Å². The zero-order chi connectivity index (χ0) is 15.7. The Balaban J connectivity index is 1.87. The number of sulfonamides is 1. The standard InChI is InChI=1S/C14H18N2O5S/c1-20-11-6-10(8-17)16(7-11)22(18,19)9-13-12-4-2-3-5-14(12)21-15-13/h2-5,10-11,17H,6-9H2,1H3/t10-,11+/m0/s1. The Hall–Kier alpha value is -1.48. The van der Waals surface area contributed by atoms with Gasteiger partial charge in [0.2, 0.25) is 10.0 Å². The quantitative estimate of drug-likeness (QED) is 0.871. The van der Waals surface area contributed by atoms with Gasteiger partial charge in [-0.15, -0.1) is 0 Å². The third-order valence-corrected chi connectivity index (χ3v) is 5.80. The molecule has 8 heteroatoms. The fraction of sp³-hybridized carbons (Fsp3) is 0.500. The highest BCUT2D eigenvalue weighted by Crippen LogP contribution is 2.27. The van der Waals surface area contributed by atoms with Gasteiger partial charge in [-0.25, -0.2) is 8.42 Å². The van der Waals surface area contributed by atoms with Gasteiger partial charge < -0.3 is 14.4 Å². The highest BCUT2D eigenvalue weighted by Gasteiger charge is 2.39. The normalized spacial score (nSPS) is 23.4. The first-order valence-corrected chi connectivity index (χ1v) is 8.62. The van der Waals surface area contributed by atoms with Crippen molar-refractivity contribution in [1.29, 1.82) is 0 Å². The summed E-state index contributed by atoms with van der Waals surface area (Å²) in [4.78, 5) is 0. The van der Waals surface area contributed by atoms with Crippen molar-refractivity contribution in [3.63, 3.8) is 0 Å². The molecular formula is C14H18N2O5S. The van der Waals surface area contributed by atoms with Crippen LogP contribution in [0.4, 0.5) is 0 Å². The number of benzene rings is 1. The van der Waals surface area contributed by atoms with Crippen LogP contribution in [0.15, 0.2) is 28.8 Å². The molecular weight excluding hydrogens is 308 g/mol. The summed E-state index contributed by atoms with van der Waals surface area (Å²) in [6, 6.07) is 6.68. The molecule has 0 bridgehead atoms. The molecule has 1 aliphatic heterocycles. The third kappa shape index (κ3) is 2.74. The van der Waals surface area contributed by atoms with E-state index in [1.165, 1.54) is 4.31 Å². The van der Waals surface area contributed by atoms with Crippen LogP contribution in [-0.2, 0) is 20.5 Å². The number of para-hydroxylation sites is 1. The first kappa shape index (κ1) is 15.4. The molecule has 0 saturated carbocycles. The summed E-state index contributed by atoms with van der Waals surface area (Å²) in [7, 11) is -2.07. The minimum Gasteiger partial charge on any atom is -0.395 e. The Bertz CT molecular complexity index is 757. The van der Waals surface area contributed by atoms with E-state index in [9.17, 15) is 13.5 Å². The number of aliphatic hydroxyl groups excluding tert-OH is 1. The molecule has 0 radical (unpaired) electrons. The molecule has 1 fully saturated rings. The molecule has 2 heterocycles. The van der Waals surface area contributed by atoms with Crippen molar-refractivity contribution in [3.05, 3.63) is 30.0 Å². The molecule has 1 N–H and O–H groups in total. The Labute approximate surface area is 128 Å². The number of hydrogen-bond donors (Lipinski definition) is 1. The van der Waals surface area contributed by atoms with Gasteiger partial charge in [-0.1, -0.05) is 17.3 Å². The second kappa shape index (κ2) is 5.96. The van der Waals surface area contributed by atoms with Gasteiger partial charge in [-0.3, -0.25) is 0 Å². The van der Waals surface area contributed by atoms with Crippen LogP contribution >= 0.6 is 0 Å². The molecule has 2 atom stereocenters. The second-order valence-corrected chi connectivity index (χ2v) is 7.30. The van der Waals surface area contributed by atoms with E-state index in [1.807, 2.05) is 6.07 Å². The summed E-state index contributed by atoms with van der Waals surface area (Å²) in [5, 5.41) is 14.0. The van der Waals surface area contributed by atoms with E-state index < -0.39 is 16.1 Å². The fourth-order valence-corrected chi connectivity index (χ4v) is 4.54. The Kier molecular flexibility index (Phi) is 4.18. The number of aromatic nitrogens is 1. The van der Waals surface area contributed by atoms with Crippen molar-refractivity contribution in [2.75, 3.05) is 20.3 Å². The molecule has 2 aromatic rings. The lowest BCUT2D eigenvalue weighted by Gasteiger charge is -2.21. The first-order valence-electron chi connectivity index (χ1n) is 7.01. The monoisotopic (exact) mass is 326 g/mol. The lowest BCUT2D eigenvalue weighted by molar-refractivity contribution is 0.113. The number of rotatable bonds is 5. The van der Waals surface area contributed by atoms with Gasteiger partial charge in [0, 0.05) is 19.0 Å². The lowest BCUT2D eigenvalue weighted by Crippen LogP contribution is -2.38. The maximum Gasteiger partial charge on any atom is 0.220 e. The summed E-state index contributed by atoms with van der Waals surface area (Å²) in [5.74, 6) is -0.253. The van der Waals surface area contributed by atoms with Crippen molar-refractivity contribution in [2.45, 2.75) is 24.3 Å². The van der Waals surface area contributed by atoms with Crippen LogP contribution in [0, 0.1) is 0 Å². The maximum absolute atomic E-state index is 12.7. The molecule has 1 aliphatic rings. The number of nitrogens with zero attached hydrogens (tertiary/aromatic N) is 2. The van der Waals surface area contributed by atoms with Gasteiger partial charge in [-0.2, -0.15) is 4.31 Å². The number of methoxy groups -OCH3 is 1. The maximum atomic E-state index is 12.7. The van der Waals surface area contributed by atoms with Crippen LogP contribution in [0.1, 0.15) is 12.1 Å². The van der Waals surface area contributed by atoms with Gasteiger partial charge in [-0.05, 0) is 18.6 Å². The number of aliphatic hydroxyl groups is 1. The van der Waals surface area contributed by atoms with Crippen molar-refractivity contribution in [2.24, 2.45) is 0 Å². The molecule has 1 aromatic carbocycles. The van der Waals surface area contributed by atoms with E-state index >= 15 is 0 Å². The first-order chi connectivity index (χ1) is 10.5. The van der Waals surface area contributed by atoms with Crippen molar-refractivity contribution < 1.29 is 22.8 Å². The van der Waals surface area contributed by atoms with Gasteiger partial charge in [0.25, 0.3) is 0 Å². The van der Waals surface area contributed by atoms with Gasteiger partial charge >= 0.3 is 0 Å². The van der Waals surface area contributed by atoms with Crippen LogP contribution in [-0.4, -0.2) is 55.4 Å². The van der Waals surface area contributed by atoms with Crippen molar-refractivity contribution >= 4 is 21.0 Å². The number of hydrogen-bond acceptors (Lipinski definition) is 6. The molecule has 120 valence electrons. The van der Waals surface area contributed by atoms with Crippen LogP contribution in [0.5, 0.6) is 0 Å². The predicted octanol–water partition coefficient (Wildman–Crippen LogP) is 0.739. The van der Waals surface area contributed by atoms with Gasteiger partial charge in [0.05, 0.1) is 18.8 Å². The molecule has 22 heavy (non-hydrogen) atoms. The van der Waals surface area contributed by atoms with Crippen molar-refractivity contribution in [1.82, 2.24) is 9.46 Å². The molecule has 0 amide bonds. The molecule has 1 aromatic heterocycles. The summed E-state index contributed by atoms with van der Waals surface area (Å²) in [6.07, 6.45) is 0.298. The number of ether oxygens (including phenoxy) is 1. The Morgan fingerprint density at radius 1 is 1.45 bits per heavy atom. The van der Waals surface area contributed by atoms with E-state index in [0.29, 0.717) is 23.1 Å². The lowest BCUT2D eigenvalue weighted by atomic mass is 10.2. The molecule has 0 aliphatic carbocycles. The zero-order valence-corrected chi connectivity index (χ0v) is 13.0. The zero-order valence-electron chi connectivity index (χ0n) is 12.2. The van der Waals surface area contributed by atoms with Crippen LogP contribution in [0.3, 0.4) is 0 Å². The third-order valence-electron chi connectivity index (χ3n) is 4.00. The molecule has 3 rings (SSSR count). The molecule has 0 spiro atoms. The summed E-state index contributed by atoms with van der Waals surface area (Å²) < 4.78 is 37.0. The second-order valence-electron chi connectivity index (χ2n) is 5.38. The van der Waals surface area contributed by atoms with E-state index in [2.05, 4.69) is 5.16 Å². The minimum absolute atomic E-state index is 0.194. The smallest absolute Gasteiger partial charge is 0.220 e. The van der Waals surface area contributed by atoms with Crippen molar-refractivity contribution in [3.8, 4) is 0 Å². The fourth-order valence-electron chi connectivity index (χ4n) is 2.82. The highest BCUT2D eigenvalue weighted by atomic mass is 32.2. The minimum atomic E-state index is -3.61. The summed E-state index contributed by atoms with van der Waals surface area (Å²) in [5.41, 5.74) is 0.941. The predicted molar refractivity (Wildman–Crippen MR) is 79.6 cm³/mol. The molecule has 1 saturated heterocycles. The van der Waals surface area contributed by atoms with E-state index in [4.69, 9.17) is 9.26 Å². The highest BCUT2D eigenvalue weighted by molar-refractivity contribution is 7.88. The van der Waals surface area contributed by atoms with Gasteiger partial charge in [0.1, 0.15) is 11.4 Å². The Morgan fingerprint density at radius 3 is 2.95 bits per heavy atom. The van der Waals surface area contributed by atoms with Crippen LogP contribution in [0.25, 0.3) is 11.0 Å². The van der Waals surface area contributed by atoms with E-state index in [1.54, 1.807) is 25.3 Å². The van der Waals surface area contributed by atoms with Crippen LogP contribution < -0.4 is 0 Å². The SMILES string of the molecule is CO[C@@H]1C[C@@H](CO)N(S(=O)(=O)Cc2noc3ccccc23)C1. The summed E-state index contributed by atoms with van der Waals surface area (Å²) in [6.45, 7) is 0.0263.